The fraction of sp³-hybridized carbons (Fsp3) is 0.658. The average Bonchev–Trinajstić information content (AvgIpc) is 2.99. The summed E-state index contributed by atoms with van der Waals surface area (Å²) < 4.78 is 0. The third kappa shape index (κ3) is 29.3. The number of hydrogen-bond donors (Lipinski definition) is 3. The Morgan fingerprint density at radius 2 is 1.05 bits per heavy atom. The van der Waals surface area contributed by atoms with E-state index in [1.54, 1.807) is 6.08 Å². The van der Waals surface area contributed by atoms with Crippen LogP contribution in [-0.4, -0.2) is 34.9 Å². The van der Waals surface area contributed by atoms with E-state index >= 15 is 0 Å². The van der Waals surface area contributed by atoms with E-state index in [0.29, 0.717) is 6.42 Å². The second kappa shape index (κ2) is 33.3. The van der Waals surface area contributed by atoms with Crippen molar-refractivity contribution in [3.63, 3.8) is 0 Å². The first-order chi connectivity index (χ1) is 20.7. The van der Waals surface area contributed by atoms with E-state index in [4.69, 9.17) is 0 Å². The number of amides is 1. The van der Waals surface area contributed by atoms with Crippen LogP contribution in [-0.2, 0) is 4.79 Å². The van der Waals surface area contributed by atoms with Gasteiger partial charge in [0, 0.05) is 6.42 Å². The maximum atomic E-state index is 12.2. The molecule has 42 heavy (non-hydrogen) atoms. The van der Waals surface area contributed by atoms with Crippen LogP contribution in [0.3, 0.4) is 0 Å². The fourth-order valence-corrected chi connectivity index (χ4v) is 4.55. The van der Waals surface area contributed by atoms with Gasteiger partial charge in [-0.25, -0.2) is 0 Å². The van der Waals surface area contributed by atoms with Gasteiger partial charge in [0.05, 0.1) is 18.8 Å². The molecule has 240 valence electrons. The molecule has 0 aliphatic carbocycles. The third-order valence-electron chi connectivity index (χ3n) is 7.20. The Kier molecular flexibility index (Phi) is 31.6. The molecule has 0 saturated carbocycles. The average molecular weight is 584 g/mol. The lowest BCUT2D eigenvalue weighted by Crippen LogP contribution is -2.45. The van der Waals surface area contributed by atoms with Gasteiger partial charge < -0.3 is 15.5 Å². The van der Waals surface area contributed by atoms with Crippen molar-refractivity contribution in [3.05, 3.63) is 72.9 Å². The summed E-state index contributed by atoms with van der Waals surface area (Å²) >= 11 is 0. The molecule has 2 atom stereocenters. The van der Waals surface area contributed by atoms with Crippen LogP contribution < -0.4 is 5.32 Å². The van der Waals surface area contributed by atoms with Crippen molar-refractivity contribution in [1.82, 2.24) is 5.32 Å². The lowest BCUT2D eigenvalue weighted by Gasteiger charge is -2.20. The highest BCUT2D eigenvalue weighted by Gasteiger charge is 2.17. The van der Waals surface area contributed by atoms with Crippen LogP contribution in [0.15, 0.2) is 72.9 Å². The smallest absolute Gasteiger partial charge is 0.220 e. The van der Waals surface area contributed by atoms with Gasteiger partial charge >= 0.3 is 0 Å². The van der Waals surface area contributed by atoms with E-state index in [2.05, 4.69) is 79.9 Å². The zero-order chi connectivity index (χ0) is 30.8. The second-order valence-electron chi connectivity index (χ2n) is 11.2. The van der Waals surface area contributed by atoms with Gasteiger partial charge in [-0.1, -0.05) is 145 Å². The normalized spacial score (nSPS) is 14.1. The van der Waals surface area contributed by atoms with Crippen molar-refractivity contribution < 1.29 is 15.0 Å². The molecule has 0 radical (unpaired) electrons. The van der Waals surface area contributed by atoms with E-state index in [-0.39, 0.29) is 12.5 Å². The van der Waals surface area contributed by atoms with Crippen LogP contribution in [0.2, 0.25) is 0 Å². The summed E-state index contributed by atoms with van der Waals surface area (Å²) in [6.45, 7) is 4.11. The summed E-state index contributed by atoms with van der Waals surface area (Å²) in [5.74, 6) is -0.0851. The van der Waals surface area contributed by atoms with Gasteiger partial charge in [-0.3, -0.25) is 4.79 Å². The van der Waals surface area contributed by atoms with Gasteiger partial charge in [0.2, 0.25) is 5.91 Å². The number of carbonyl (C=O) groups is 1. The van der Waals surface area contributed by atoms with Gasteiger partial charge in [-0.15, -0.1) is 0 Å². The monoisotopic (exact) mass is 583 g/mol. The summed E-state index contributed by atoms with van der Waals surface area (Å²) in [5.41, 5.74) is 0. The molecule has 0 heterocycles. The molecular formula is C38H65NO3. The molecule has 0 aliphatic heterocycles. The first-order valence-corrected chi connectivity index (χ1v) is 17.2. The zero-order valence-corrected chi connectivity index (χ0v) is 27.2. The van der Waals surface area contributed by atoms with Crippen molar-refractivity contribution >= 4 is 5.91 Å². The Bertz CT molecular complexity index is 762. The van der Waals surface area contributed by atoms with Crippen molar-refractivity contribution in [1.29, 1.82) is 0 Å². The van der Waals surface area contributed by atoms with E-state index < -0.39 is 12.1 Å². The van der Waals surface area contributed by atoms with Gasteiger partial charge in [0.25, 0.3) is 0 Å². The van der Waals surface area contributed by atoms with Gasteiger partial charge in [-0.2, -0.15) is 0 Å². The third-order valence-corrected chi connectivity index (χ3v) is 7.20. The largest absolute Gasteiger partial charge is 0.394 e. The molecule has 0 saturated heterocycles. The number of nitrogens with one attached hydrogen (secondary N) is 1. The molecule has 0 fully saturated rings. The molecule has 0 spiro atoms. The van der Waals surface area contributed by atoms with Crippen molar-refractivity contribution in [2.45, 2.75) is 154 Å². The highest BCUT2D eigenvalue weighted by Crippen LogP contribution is 2.11. The number of hydrogen-bond acceptors (Lipinski definition) is 3. The molecule has 0 aromatic heterocycles. The molecular weight excluding hydrogens is 518 g/mol. The standard InChI is InChI=1S/C38H65NO3/c1-3-5-7-9-11-12-13-14-15-16-17-18-19-20-21-22-23-24-25-26-28-30-32-34-38(42)39-36(35-40)37(41)33-31-29-27-10-8-6-4-2/h5,7,11-12,14-15,17-18,20-21,31,33,36-37,40-41H,3-4,6,8-10,13,16,19,22-30,32,34-35H2,1-2H3,(H,39,42)/b7-5-,12-11-,15-14-,18-17-,21-20-,33-31+. The summed E-state index contributed by atoms with van der Waals surface area (Å²) in [6.07, 6.45) is 47.0. The molecule has 4 heteroatoms. The summed E-state index contributed by atoms with van der Waals surface area (Å²) in [4.78, 5) is 12.2. The van der Waals surface area contributed by atoms with Crippen LogP contribution in [0.5, 0.6) is 0 Å². The van der Waals surface area contributed by atoms with Crippen LogP contribution in [0, 0.1) is 0 Å². The first kappa shape index (κ1) is 39.8. The quantitative estimate of drug-likeness (QED) is 0.0606. The Hall–Kier alpha value is -2.17. The minimum atomic E-state index is -0.843. The molecule has 0 rings (SSSR count). The van der Waals surface area contributed by atoms with Gasteiger partial charge in [-0.05, 0) is 64.2 Å². The number of allylic oxidation sites excluding steroid dienone is 11. The molecule has 0 aliphatic rings. The molecule has 1 amide bonds. The van der Waals surface area contributed by atoms with Crippen molar-refractivity contribution in [2.75, 3.05) is 6.61 Å². The van der Waals surface area contributed by atoms with Crippen LogP contribution in [0.1, 0.15) is 142 Å². The van der Waals surface area contributed by atoms with E-state index in [0.717, 1.165) is 70.6 Å². The minimum Gasteiger partial charge on any atom is -0.394 e. The lowest BCUT2D eigenvalue weighted by atomic mass is 10.1. The lowest BCUT2D eigenvalue weighted by molar-refractivity contribution is -0.123. The summed E-state index contributed by atoms with van der Waals surface area (Å²) in [5, 5.41) is 22.7. The fourth-order valence-electron chi connectivity index (χ4n) is 4.55. The zero-order valence-electron chi connectivity index (χ0n) is 27.2. The van der Waals surface area contributed by atoms with Crippen LogP contribution in [0.4, 0.5) is 0 Å². The molecule has 0 aromatic carbocycles. The number of carbonyl (C=O) groups excluding carboxylic acids is 1. The highest BCUT2D eigenvalue weighted by atomic mass is 16.3. The maximum absolute atomic E-state index is 12.2. The number of unbranched alkanes of at least 4 members (excludes halogenated alkanes) is 12. The van der Waals surface area contributed by atoms with Crippen molar-refractivity contribution in [3.8, 4) is 0 Å². The minimum absolute atomic E-state index is 0.0851. The highest BCUT2D eigenvalue weighted by molar-refractivity contribution is 5.76. The predicted molar refractivity (Wildman–Crippen MR) is 184 cm³/mol. The maximum Gasteiger partial charge on any atom is 0.220 e. The second-order valence-corrected chi connectivity index (χ2v) is 11.2. The van der Waals surface area contributed by atoms with Gasteiger partial charge in [0.15, 0.2) is 0 Å². The summed E-state index contributed by atoms with van der Waals surface area (Å²) in [6, 6.07) is -0.628. The van der Waals surface area contributed by atoms with Crippen LogP contribution in [0.25, 0.3) is 0 Å². The van der Waals surface area contributed by atoms with E-state index in [9.17, 15) is 15.0 Å². The number of rotatable bonds is 29. The molecule has 4 nitrogen and oxygen atoms in total. The number of aliphatic hydroxyl groups excluding tert-OH is 2. The molecule has 3 N–H and O–H groups in total. The first-order valence-electron chi connectivity index (χ1n) is 17.2. The Morgan fingerprint density at radius 3 is 1.57 bits per heavy atom. The SMILES string of the molecule is CC/C=C\C/C=C\C/C=C\C/C=C\C/C=C\CCCCCCCCCC(=O)NC(CO)C(O)/C=C/CCCCCCC. The van der Waals surface area contributed by atoms with Gasteiger partial charge in [0.1, 0.15) is 0 Å². The number of aliphatic hydroxyl groups is 2. The van der Waals surface area contributed by atoms with Crippen LogP contribution >= 0.6 is 0 Å². The van der Waals surface area contributed by atoms with E-state index in [1.807, 2.05) is 6.08 Å². The Morgan fingerprint density at radius 1 is 0.595 bits per heavy atom. The molecule has 2 unspecified atom stereocenters. The Labute approximate surface area is 259 Å². The van der Waals surface area contributed by atoms with Crippen molar-refractivity contribution in [2.24, 2.45) is 0 Å². The Balaban J connectivity index is 3.65. The predicted octanol–water partition coefficient (Wildman–Crippen LogP) is 10.0. The van der Waals surface area contributed by atoms with E-state index in [1.165, 1.54) is 51.4 Å². The summed E-state index contributed by atoms with van der Waals surface area (Å²) in [7, 11) is 0. The molecule has 0 bridgehead atoms. The molecule has 0 aromatic rings. The topological polar surface area (TPSA) is 69.6 Å².